The van der Waals surface area contributed by atoms with E-state index in [1.54, 1.807) is 6.07 Å². The summed E-state index contributed by atoms with van der Waals surface area (Å²) < 4.78 is 13.3. The number of hydrogen-bond acceptors (Lipinski definition) is 2. The van der Waals surface area contributed by atoms with E-state index in [4.69, 9.17) is 11.6 Å². The van der Waals surface area contributed by atoms with Crippen molar-refractivity contribution >= 4 is 23.0 Å². The zero-order valence-electron chi connectivity index (χ0n) is 9.48. The molecule has 0 saturated carbocycles. The van der Waals surface area contributed by atoms with Crippen molar-refractivity contribution in [3.05, 3.63) is 23.0 Å². The number of rotatable bonds is 2. The first kappa shape index (κ1) is 11.5. The Morgan fingerprint density at radius 3 is 2.88 bits per heavy atom. The maximum absolute atomic E-state index is 13.3. The molecule has 2 rings (SSSR count). The average Bonchev–Trinajstić information content (AvgIpc) is 2.19. The second-order valence-corrected chi connectivity index (χ2v) is 5.07. The van der Waals surface area contributed by atoms with E-state index in [0.717, 1.165) is 24.3 Å². The summed E-state index contributed by atoms with van der Waals surface area (Å²) in [7, 11) is 0. The van der Waals surface area contributed by atoms with Crippen LogP contribution >= 0.6 is 11.6 Å². The Bertz CT molecular complexity index is 393. The normalized spacial score (nSPS) is 18.9. The molecule has 0 fully saturated rings. The largest absolute Gasteiger partial charge is 0.381 e. The summed E-state index contributed by atoms with van der Waals surface area (Å²) in [5.41, 5.74) is 1.69. The van der Waals surface area contributed by atoms with Gasteiger partial charge >= 0.3 is 0 Å². The van der Waals surface area contributed by atoms with Crippen molar-refractivity contribution in [2.75, 3.05) is 17.2 Å². The fourth-order valence-corrected chi connectivity index (χ4v) is 2.19. The van der Waals surface area contributed by atoms with E-state index in [0.29, 0.717) is 12.0 Å². The fourth-order valence-electron chi connectivity index (χ4n) is 2.03. The number of halogens is 2. The molecule has 0 aliphatic carbocycles. The summed E-state index contributed by atoms with van der Waals surface area (Å²) in [6.45, 7) is 5.21. The molecule has 88 valence electrons. The first-order valence-electron chi connectivity index (χ1n) is 5.55. The van der Waals surface area contributed by atoms with Crippen molar-refractivity contribution in [1.82, 2.24) is 0 Å². The van der Waals surface area contributed by atoms with Gasteiger partial charge in [0.25, 0.3) is 0 Å². The molecule has 0 bridgehead atoms. The Morgan fingerprint density at radius 2 is 2.19 bits per heavy atom. The van der Waals surface area contributed by atoms with Crippen LogP contribution in [0.4, 0.5) is 15.8 Å². The number of anilines is 2. The molecule has 1 unspecified atom stereocenters. The third-order valence-electron chi connectivity index (χ3n) is 2.71. The summed E-state index contributed by atoms with van der Waals surface area (Å²) in [5, 5.41) is 6.77. The molecule has 4 heteroatoms. The second-order valence-electron chi connectivity index (χ2n) is 4.66. The summed E-state index contributed by atoms with van der Waals surface area (Å²) in [4.78, 5) is 0. The van der Waals surface area contributed by atoms with Gasteiger partial charge in [-0.1, -0.05) is 25.4 Å². The topological polar surface area (TPSA) is 24.1 Å². The van der Waals surface area contributed by atoms with Gasteiger partial charge in [0.05, 0.1) is 16.4 Å². The molecule has 0 spiro atoms. The van der Waals surface area contributed by atoms with E-state index in [2.05, 4.69) is 24.5 Å². The quantitative estimate of drug-likeness (QED) is 0.826. The Balaban J connectivity index is 2.17. The van der Waals surface area contributed by atoms with Crippen molar-refractivity contribution in [1.29, 1.82) is 0 Å². The van der Waals surface area contributed by atoms with Crippen molar-refractivity contribution < 1.29 is 4.39 Å². The number of hydrogen-bond donors (Lipinski definition) is 2. The predicted octanol–water partition coefficient (Wildman–Crippen LogP) is 3.73. The second kappa shape index (κ2) is 4.50. The maximum atomic E-state index is 13.3. The van der Waals surface area contributed by atoms with Gasteiger partial charge in [0.1, 0.15) is 5.82 Å². The van der Waals surface area contributed by atoms with Crippen LogP contribution in [0, 0.1) is 11.7 Å². The molecule has 2 nitrogen and oxygen atoms in total. The van der Waals surface area contributed by atoms with E-state index in [1.165, 1.54) is 6.07 Å². The molecule has 1 aromatic carbocycles. The minimum Gasteiger partial charge on any atom is -0.381 e. The van der Waals surface area contributed by atoms with E-state index in [1.807, 2.05) is 0 Å². The molecule has 1 heterocycles. The minimum atomic E-state index is -0.375. The highest BCUT2D eigenvalue weighted by Crippen LogP contribution is 2.32. The maximum Gasteiger partial charge on any atom is 0.143 e. The Labute approximate surface area is 100 Å². The molecule has 1 aliphatic rings. The highest BCUT2D eigenvalue weighted by atomic mass is 35.5. The lowest BCUT2D eigenvalue weighted by atomic mass is 10.0. The highest BCUT2D eigenvalue weighted by molar-refractivity contribution is 6.31. The number of fused-ring (bicyclic) bond motifs is 1. The zero-order chi connectivity index (χ0) is 11.7. The summed E-state index contributed by atoms with van der Waals surface area (Å²) >= 11 is 5.72. The summed E-state index contributed by atoms with van der Waals surface area (Å²) in [6, 6.07) is 3.44. The van der Waals surface area contributed by atoms with Gasteiger partial charge in [0.15, 0.2) is 0 Å². The minimum absolute atomic E-state index is 0.162. The monoisotopic (exact) mass is 242 g/mol. The Morgan fingerprint density at radius 1 is 1.44 bits per heavy atom. The van der Waals surface area contributed by atoms with Crippen molar-refractivity contribution in [3.63, 3.8) is 0 Å². The molecule has 0 saturated heterocycles. The van der Waals surface area contributed by atoms with Gasteiger partial charge in [0, 0.05) is 18.7 Å². The van der Waals surface area contributed by atoms with Crippen LogP contribution in [-0.4, -0.2) is 12.6 Å². The smallest absolute Gasteiger partial charge is 0.143 e. The molecule has 1 atom stereocenters. The first-order valence-corrected chi connectivity index (χ1v) is 5.93. The molecule has 2 N–H and O–H groups in total. The number of nitrogens with one attached hydrogen (secondary N) is 2. The number of benzene rings is 1. The fraction of sp³-hybridized carbons (Fsp3) is 0.500. The average molecular weight is 243 g/mol. The molecule has 1 aliphatic heterocycles. The van der Waals surface area contributed by atoms with Crippen LogP contribution in [0.5, 0.6) is 0 Å². The van der Waals surface area contributed by atoms with Crippen LogP contribution in [0.15, 0.2) is 12.1 Å². The van der Waals surface area contributed by atoms with Crippen LogP contribution < -0.4 is 10.6 Å². The van der Waals surface area contributed by atoms with E-state index < -0.39 is 0 Å². The highest BCUT2D eigenvalue weighted by Gasteiger charge is 2.19. The zero-order valence-corrected chi connectivity index (χ0v) is 10.2. The molecular weight excluding hydrogens is 227 g/mol. The third-order valence-corrected chi connectivity index (χ3v) is 3.00. The van der Waals surface area contributed by atoms with Crippen LogP contribution in [0.2, 0.25) is 5.02 Å². The lowest BCUT2D eigenvalue weighted by molar-refractivity contribution is 0.524. The molecular formula is C12H16ClFN2. The van der Waals surface area contributed by atoms with Crippen LogP contribution in [0.3, 0.4) is 0 Å². The van der Waals surface area contributed by atoms with Crippen molar-refractivity contribution in [3.8, 4) is 0 Å². The lowest BCUT2D eigenvalue weighted by Crippen LogP contribution is -2.34. The van der Waals surface area contributed by atoms with Gasteiger partial charge in [-0.25, -0.2) is 4.39 Å². The van der Waals surface area contributed by atoms with Gasteiger partial charge in [-0.3, -0.25) is 0 Å². The van der Waals surface area contributed by atoms with Crippen LogP contribution in [-0.2, 0) is 0 Å². The third kappa shape index (κ3) is 2.40. The molecule has 0 amide bonds. The van der Waals surface area contributed by atoms with Crippen molar-refractivity contribution in [2.24, 2.45) is 5.92 Å². The van der Waals surface area contributed by atoms with E-state index in [9.17, 15) is 4.39 Å². The Kier molecular flexibility index (Phi) is 3.24. The summed E-state index contributed by atoms with van der Waals surface area (Å²) in [5.74, 6) is 0.248. The van der Waals surface area contributed by atoms with Gasteiger partial charge in [-0.2, -0.15) is 0 Å². The molecule has 0 radical (unpaired) electrons. The van der Waals surface area contributed by atoms with Crippen molar-refractivity contribution in [2.45, 2.75) is 26.3 Å². The van der Waals surface area contributed by atoms with E-state index >= 15 is 0 Å². The van der Waals surface area contributed by atoms with Crippen LogP contribution in [0.1, 0.15) is 20.3 Å². The molecule has 0 aromatic heterocycles. The van der Waals surface area contributed by atoms with Crippen LogP contribution in [0.25, 0.3) is 0 Å². The molecule has 1 aromatic rings. The molecule has 16 heavy (non-hydrogen) atoms. The van der Waals surface area contributed by atoms with Gasteiger partial charge in [-0.05, 0) is 18.4 Å². The first-order chi connectivity index (χ1) is 7.56. The standard InChI is InChI=1S/C12H16ClFN2/c1-7(2)3-8-6-15-11-4-9(13)10(14)5-12(11)16-8/h4-5,7-8,15-16H,3,6H2,1-2H3. The summed E-state index contributed by atoms with van der Waals surface area (Å²) in [6.07, 6.45) is 1.07. The SMILES string of the molecule is CC(C)CC1CNc2cc(Cl)c(F)cc2N1. The predicted molar refractivity (Wildman–Crippen MR) is 66.8 cm³/mol. The Hall–Kier alpha value is -0.960. The van der Waals surface area contributed by atoms with E-state index in [-0.39, 0.29) is 10.8 Å². The lowest BCUT2D eigenvalue weighted by Gasteiger charge is -2.29. The van der Waals surface area contributed by atoms with Gasteiger partial charge < -0.3 is 10.6 Å². The van der Waals surface area contributed by atoms with Gasteiger partial charge in [-0.15, -0.1) is 0 Å². The van der Waals surface area contributed by atoms with Gasteiger partial charge in [0.2, 0.25) is 0 Å².